The topological polar surface area (TPSA) is 32.8 Å². The lowest BCUT2D eigenvalue weighted by atomic mass is 10.3. The van der Waals surface area contributed by atoms with Gasteiger partial charge in [-0.3, -0.25) is 9.69 Å². The number of piperazine rings is 1. The van der Waals surface area contributed by atoms with E-state index in [0.29, 0.717) is 0 Å². The lowest BCUT2D eigenvalue weighted by molar-refractivity contribution is -0.130. The molecule has 1 aliphatic rings. The first-order valence-electron chi connectivity index (χ1n) is 4.71. The Morgan fingerprint density at radius 2 is 1.92 bits per heavy atom. The van der Waals surface area contributed by atoms with Gasteiger partial charge in [0.1, 0.15) is 0 Å². The fraction of sp³-hybridized carbons (Fsp3) is 0.889. The van der Waals surface area contributed by atoms with Gasteiger partial charge in [0.15, 0.2) is 0 Å². The van der Waals surface area contributed by atoms with Crippen molar-refractivity contribution in [3.63, 3.8) is 0 Å². The van der Waals surface area contributed by atoms with E-state index in [-0.39, 0.29) is 5.91 Å². The van der Waals surface area contributed by atoms with Gasteiger partial charge in [-0.1, -0.05) is 0 Å². The van der Waals surface area contributed by atoms with Crippen LogP contribution in [0.5, 0.6) is 0 Å². The highest BCUT2D eigenvalue weighted by Crippen LogP contribution is 2.01. The number of ether oxygens (including phenoxy) is 1. The Hall–Kier alpha value is -0.610. The van der Waals surface area contributed by atoms with Crippen LogP contribution < -0.4 is 0 Å². The van der Waals surface area contributed by atoms with Gasteiger partial charge in [0.2, 0.25) is 5.91 Å². The zero-order chi connectivity index (χ0) is 9.68. The van der Waals surface area contributed by atoms with E-state index >= 15 is 0 Å². The molecule has 0 aliphatic carbocycles. The first kappa shape index (κ1) is 10.5. The summed E-state index contributed by atoms with van der Waals surface area (Å²) in [4.78, 5) is 15.2. The number of rotatable bonds is 3. The van der Waals surface area contributed by atoms with Crippen molar-refractivity contribution in [1.29, 1.82) is 0 Å². The van der Waals surface area contributed by atoms with Gasteiger partial charge >= 0.3 is 0 Å². The molecule has 1 saturated heterocycles. The molecular formula is C9H18N2O2. The summed E-state index contributed by atoms with van der Waals surface area (Å²) in [5, 5.41) is 0. The van der Waals surface area contributed by atoms with Crippen molar-refractivity contribution in [1.82, 2.24) is 9.80 Å². The molecule has 1 amide bonds. The van der Waals surface area contributed by atoms with Gasteiger partial charge < -0.3 is 9.64 Å². The van der Waals surface area contributed by atoms with Gasteiger partial charge in [-0.05, 0) is 0 Å². The lowest BCUT2D eigenvalue weighted by Crippen LogP contribution is -2.48. The number of hydrogen-bond donors (Lipinski definition) is 0. The van der Waals surface area contributed by atoms with Crippen molar-refractivity contribution in [3.05, 3.63) is 0 Å². The molecule has 76 valence electrons. The molecule has 0 aromatic heterocycles. The molecule has 4 nitrogen and oxygen atoms in total. The molecule has 1 aliphatic heterocycles. The molecule has 1 rings (SSSR count). The van der Waals surface area contributed by atoms with E-state index in [9.17, 15) is 4.79 Å². The number of nitrogens with zero attached hydrogens (tertiary/aromatic N) is 2. The molecule has 0 aromatic carbocycles. The van der Waals surface area contributed by atoms with Gasteiger partial charge in [-0.25, -0.2) is 0 Å². The highest BCUT2D eigenvalue weighted by atomic mass is 16.5. The minimum absolute atomic E-state index is 0.186. The van der Waals surface area contributed by atoms with E-state index < -0.39 is 0 Å². The van der Waals surface area contributed by atoms with Gasteiger partial charge in [-0.2, -0.15) is 0 Å². The monoisotopic (exact) mass is 186 g/mol. The maximum absolute atomic E-state index is 11.0. The third-order valence-corrected chi connectivity index (χ3v) is 2.43. The number of methoxy groups -OCH3 is 1. The number of carbonyl (C=O) groups excluding carboxylic acids is 1. The minimum Gasteiger partial charge on any atom is -0.383 e. The normalized spacial score (nSPS) is 19.1. The van der Waals surface area contributed by atoms with Crippen LogP contribution in [0.25, 0.3) is 0 Å². The summed E-state index contributed by atoms with van der Waals surface area (Å²) in [6, 6.07) is 0. The third kappa shape index (κ3) is 3.32. The molecule has 0 saturated carbocycles. The summed E-state index contributed by atoms with van der Waals surface area (Å²) in [5.74, 6) is 0.186. The van der Waals surface area contributed by atoms with E-state index in [1.54, 1.807) is 14.0 Å². The van der Waals surface area contributed by atoms with Crippen molar-refractivity contribution >= 4 is 5.91 Å². The van der Waals surface area contributed by atoms with Crippen molar-refractivity contribution in [2.45, 2.75) is 6.92 Å². The second kappa shape index (κ2) is 5.19. The predicted octanol–water partition coefficient (Wildman–Crippen LogP) is -0.203. The Balaban J connectivity index is 2.18. The third-order valence-electron chi connectivity index (χ3n) is 2.43. The van der Waals surface area contributed by atoms with Crippen LogP contribution in [0.15, 0.2) is 0 Å². The Bertz CT molecular complexity index is 165. The molecule has 13 heavy (non-hydrogen) atoms. The molecule has 0 atom stereocenters. The zero-order valence-corrected chi connectivity index (χ0v) is 8.45. The molecule has 0 aromatic rings. The molecule has 0 spiro atoms. The fourth-order valence-corrected chi connectivity index (χ4v) is 1.51. The predicted molar refractivity (Wildman–Crippen MR) is 50.6 cm³/mol. The van der Waals surface area contributed by atoms with Crippen molar-refractivity contribution in [3.8, 4) is 0 Å². The molecule has 1 heterocycles. The summed E-state index contributed by atoms with van der Waals surface area (Å²) < 4.78 is 5.00. The molecule has 0 unspecified atom stereocenters. The highest BCUT2D eigenvalue weighted by Gasteiger charge is 2.17. The Kier molecular flexibility index (Phi) is 4.18. The second-order valence-electron chi connectivity index (χ2n) is 3.34. The van der Waals surface area contributed by atoms with Crippen molar-refractivity contribution in [2.75, 3.05) is 46.4 Å². The van der Waals surface area contributed by atoms with E-state index in [1.807, 2.05) is 4.90 Å². The quantitative estimate of drug-likeness (QED) is 0.612. The second-order valence-corrected chi connectivity index (χ2v) is 3.34. The van der Waals surface area contributed by atoms with Gasteiger partial charge in [0.05, 0.1) is 6.61 Å². The number of carbonyl (C=O) groups is 1. The first-order chi connectivity index (χ1) is 6.24. The average molecular weight is 186 g/mol. The molecule has 0 N–H and O–H groups in total. The largest absolute Gasteiger partial charge is 0.383 e. The van der Waals surface area contributed by atoms with E-state index in [4.69, 9.17) is 4.74 Å². The Morgan fingerprint density at radius 3 is 2.38 bits per heavy atom. The van der Waals surface area contributed by atoms with E-state index in [1.165, 1.54) is 0 Å². The van der Waals surface area contributed by atoms with Crippen LogP contribution >= 0.6 is 0 Å². The smallest absolute Gasteiger partial charge is 0.219 e. The lowest BCUT2D eigenvalue weighted by Gasteiger charge is -2.33. The minimum atomic E-state index is 0.186. The SMILES string of the molecule is COCCN1CCN(C(C)=O)CC1. The summed E-state index contributed by atoms with van der Waals surface area (Å²) >= 11 is 0. The maximum Gasteiger partial charge on any atom is 0.219 e. The van der Waals surface area contributed by atoms with Crippen LogP contribution in [0.1, 0.15) is 6.92 Å². The highest BCUT2D eigenvalue weighted by molar-refractivity contribution is 5.73. The summed E-state index contributed by atoms with van der Waals surface area (Å²) in [7, 11) is 1.71. The maximum atomic E-state index is 11.0. The molecular weight excluding hydrogens is 168 g/mol. The Labute approximate surface area is 79.4 Å². The van der Waals surface area contributed by atoms with Crippen LogP contribution in [-0.2, 0) is 9.53 Å². The van der Waals surface area contributed by atoms with Crippen molar-refractivity contribution in [2.24, 2.45) is 0 Å². The summed E-state index contributed by atoms with van der Waals surface area (Å²) in [6.45, 7) is 7.05. The van der Waals surface area contributed by atoms with Crippen LogP contribution in [0.2, 0.25) is 0 Å². The van der Waals surface area contributed by atoms with Gasteiger partial charge in [-0.15, -0.1) is 0 Å². The van der Waals surface area contributed by atoms with Gasteiger partial charge in [0.25, 0.3) is 0 Å². The molecule has 0 radical (unpaired) electrons. The van der Waals surface area contributed by atoms with E-state index in [2.05, 4.69) is 4.90 Å². The van der Waals surface area contributed by atoms with Crippen LogP contribution in [0.3, 0.4) is 0 Å². The zero-order valence-electron chi connectivity index (χ0n) is 8.45. The molecule has 4 heteroatoms. The first-order valence-corrected chi connectivity index (χ1v) is 4.71. The summed E-state index contributed by atoms with van der Waals surface area (Å²) in [6.07, 6.45) is 0. The van der Waals surface area contributed by atoms with Crippen LogP contribution in [0, 0.1) is 0 Å². The number of hydrogen-bond acceptors (Lipinski definition) is 3. The summed E-state index contributed by atoms with van der Waals surface area (Å²) in [5.41, 5.74) is 0. The van der Waals surface area contributed by atoms with Crippen molar-refractivity contribution < 1.29 is 9.53 Å². The molecule has 1 fully saturated rings. The van der Waals surface area contributed by atoms with Crippen LogP contribution in [-0.4, -0.2) is 62.1 Å². The molecule has 0 bridgehead atoms. The van der Waals surface area contributed by atoms with Crippen LogP contribution in [0.4, 0.5) is 0 Å². The standard InChI is InChI=1S/C9H18N2O2/c1-9(12)11-5-3-10(4-6-11)7-8-13-2/h3-8H2,1-2H3. The van der Waals surface area contributed by atoms with Gasteiger partial charge in [0, 0.05) is 46.8 Å². The van der Waals surface area contributed by atoms with E-state index in [0.717, 1.165) is 39.3 Å². The Morgan fingerprint density at radius 1 is 1.31 bits per heavy atom. The fourth-order valence-electron chi connectivity index (χ4n) is 1.51. The number of amides is 1. The average Bonchev–Trinajstić information content (AvgIpc) is 2.15.